The molecule has 2 amide bonds. The summed E-state index contributed by atoms with van der Waals surface area (Å²) in [7, 11) is 0. The number of rotatable bonds is 4. The molecule has 0 spiro atoms. The Morgan fingerprint density at radius 3 is 2.71 bits per heavy atom. The van der Waals surface area contributed by atoms with Gasteiger partial charge in [0.1, 0.15) is 11.9 Å². The SMILES string of the molecule is C=CC(=O)N1CCN2c3nc(=O)n(-c4c(C)ccnc4C(C)C)c4cc(-c5c(C)ccc6[nH]ncc56)c(F)c(c34)NC(=O)C2C1. The molecule has 2 aliphatic heterocycles. The summed E-state index contributed by atoms with van der Waals surface area (Å²) in [6.45, 7) is 11.8. The van der Waals surface area contributed by atoms with E-state index in [1.165, 1.54) is 15.5 Å². The van der Waals surface area contributed by atoms with Crippen molar-refractivity contribution < 1.29 is 14.0 Å². The van der Waals surface area contributed by atoms with E-state index in [0.717, 1.165) is 11.1 Å². The third-order valence-corrected chi connectivity index (χ3v) is 8.82. The molecule has 1 unspecified atom stereocenters. The standard InChI is InChI=1S/C33H31FN8O3/c1-6-24(43)40-11-12-41-23(15-40)32(44)37-29-26-22(13-19(27(29)34)25-17(4)7-8-21-20(25)14-36-39-21)42(33(45)38-31(26)41)30-18(5)9-10-35-28(30)16(2)3/h6-10,13-14,16,23H,1,11-12,15H2,2-5H3,(H,36,39)(H,37,44). The summed E-state index contributed by atoms with van der Waals surface area (Å²) >= 11 is 0. The van der Waals surface area contributed by atoms with E-state index >= 15 is 4.39 Å². The van der Waals surface area contributed by atoms with Gasteiger partial charge in [-0.1, -0.05) is 26.5 Å². The number of hydrogen-bond acceptors (Lipinski definition) is 7. The van der Waals surface area contributed by atoms with Crippen LogP contribution in [0.15, 0.2) is 54.1 Å². The number of amides is 2. The lowest BCUT2D eigenvalue weighted by molar-refractivity contribution is -0.128. The van der Waals surface area contributed by atoms with Crippen molar-refractivity contribution in [2.75, 3.05) is 29.9 Å². The summed E-state index contributed by atoms with van der Waals surface area (Å²) in [4.78, 5) is 53.0. The van der Waals surface area contributed by atoms with Crippen LogP contribution in [0.5, 0.6) is 0 Å². The highest BCUT2D eigenvalue weighted by molar-refractivity contribution is 6.14. The molecule has 3 aromatic heterocycles. The van der Waals surface area contributed by atoms with Crippen LogP contribution in [0.2, 0.25) is 0 Å². The van der Waals surface area contributed by atoms with Gasteiger partial charge in [0.25, 0.3) is 0 Å². The van der Waals surface area contributed by atoms with Crippen LogP contribution < -0.4 is 15.9 Å². The molecule has 0 radical (unpaired) electrons. The third kappa shape index (κ3) is 4.23. The molecule has 12 heteroatoms. The fourth-order valence-corrected chi connectivity index (χ4v) is 6.64. The van der Waals surface area contributed by atoms with E-state index in [1.54, 1.807) is 23.4 Å². The topological polar surface area (TPSA) is 129 Å². The largest absolute Gasteiger partial charge is 0.354 e. The first kappa shape index (κ1) is 28.4. The van der Waals surface area contributed by atoms with Crippen molar-refractivity contribution >= 4 is 45.1 Å². The van der Waals surface area contributed by atoms with Crippen LogP contribution in [0.1, 0.15) is 36.6 Å². The molecular weight excluding hydrogens is 575 g/mol. The van der Waals surface area contributed by atoms with Crippen molar-refractivity contribution in [1.82, 2.24) is 29.6 Å². The Kier molecular flexibility index (Phi) is 6.53. The minimum Gasteiger partial charge on any atom is -0.340 e. The maximum absolute atomic E-state index is 17.1. The second kappa shape index (κ2) is 10.4. The van der Waals surface area contributed by atoms with Crippen LogP contribution in [-0.4, -0.2) is 67.1 Å². The number of H-pyrrole nitrogens is 1. The van der Waals surface area contributed by atoms with Gasteiger partial charge in [0.15, 0.2) is 5.82 Å². The van der Waals surface area contributed by atoms with Crippen LogP contribution >= 0.6 is 0 Å². The first-order valence-electron chi connectivity index (χ1n) is 14.8. The zero-order valence-corrected chi connectivity index (χ0v) is 25.3. The molecular formula is C33H31FN8O3. The number of nitrogens with one attached hydrogen (secondary N) is 2. The van der Waals surface area contributed by atoms with E-state index in [1.807, 2.05) is 45.9 Å². The Morgan fingerprint density at radius 2 is 1.96 bits per heavy atom. The van der Waals surface area contributed by atoms with E-state index in [9.17, 15) is 14.4 Å². The van der Waals surface area contributed by atoms with Crippen molar-refractivity contribution in [2.24, 2.45) is 0 Å². The number of fused-ring (bicyclic) bond motifs is 3. The Balaban J connectivity index is 1.61. The Labute approximate surface area is 257 Å². The predicted octanol–water partition coefficient (Wildman–Crippen LogP) is 4.36. The van der Waals surface area contributed by atoms with Gasteiger partial charge in [-0.2, -0.15) is 10.1 Å². The van der Waals surface area contributed by atoms with Gasteiger partial charge in [-0.15, -0.1) is 0 Å². The molecule has 5 aromatic rings. The quantitative estimate of drug-likeness (QED) is 0.291. The highest BCUT2D eigenvalue weighted by atomic mass is 19.1. The number of pyridine rings is 1. The third-order valence-electron chi connectivity index (χ3n) is 8.82. The lowest BCUT2D eigenvalue weighted by Gasteiger charge is -2.40. The van der Waals surface area contributed by atoms with Gasteiger partial charge in [-0.05, 0) is 60.7 Å². The van der Waals surface area contributed by atoms with Crippen LogP contribution in [0.3, 0.4) is 0 Å². The highest BCUT2D eigenvalue weighted by Gasteiger charge is 2.40. The number of aromatic nitrogens is 5. The van der Waals surface area contributed by atoms with E-state index in [2.05, 4.69) is 32.1 Å². The smallest absolute Gasteiger partial charge is 0.340 e. The number of nitrogens with zero attached hydrogens (tertiary/aromatic N) is 6. The van der Waals surface area contributed by atoms with Gasteiger partial charge in [0.2, 0.25) is 11.8 Å². The van der Waals surface area contributed by atoms with Gasteiger partial charge in [-0.3, -0.25) is 24.2 Å². The van der Waals surface area contributed by atoms with Crippen molar-refractivity contribution in [1.29, 1.82) is 0 Å². The van der Waals surface area contributed by atoms with Gasteiger partial charge in [0, 0.05) is 30.2 Å². The van der Waals surface area contributed by atoms with E-state index in [-0.39, 0.29) is 48.5 Å². The van der Waals surface area contributed by atoms with Crippen molar-refractivity contribution in [3.63, 3.8) is 0 Å². The minimum absolute atomic E-state index is 0.0258. The fraction of sp³-hybridized carbons (Fsp3) is 0.273. The molecule has 2 N–H and O–H groups in total. The number of carbonyl (C=O) groups excluding carboxylic acids is 2. The summed E-state index contributed by atoms with van der Waals surface area (Å²) in [5, 5.41) is 11.0. The maximum Gasteiger partial charge on any atom is 0.354 e. The number of carbonyl (C=O) groups is 2. The van der Waals surface area contributed by atoms with Crippen molar-refractivity contribution in [2.45, 2.75) is 39.7 Å². The Hall–Kier alpha value is -5.39. The second-order valence-corrected chi connectivity index (χ2v) is 11.9. The molecule has 0 bridgehead atoms. The lowest BCUT2D eigenvalue weighted by atomic mass is 9.94. The minimum atomic E-state index is -0.908. The maximum atomic E-state index is 17.1. The number of aromatic amines is 1. The molecule has 1 fully saturated rings. The molecule has 0 aliphatic carbocycles. The average molecular weight is 607 g/mol. The molecule has 1 saturated heterocycles. The lowest BCUT2D eigenvalue weighted by Crippen LogP contribution is -2.58. The molecule has 45 heavy (non-hydrogen) atoms. The molecule has 11 nitrogen and oxygen atoms in total. The van der Waals surface area contributed by atoms with E-state index < -0.39 is 23.5 Å². The summed E-state index contributed by atoms with van der Waals surface area (Å²) in [6.07, 6.45) is 4.53. The zero-order valence-electron chi connectivity index (χ0n) is 25.3. The molecule has 7 rings (SSSR count). The second-order valence-electron chi connectivity index (χ2n) is 11.9. The molecule has 0 saturated carbocycles. The highest BCUT2D eigenvalue weighted by Crippen LogP contribution is 2.44. The molecule has 2 aliphatic rings. The van der Waals surface area contributed by atoms with Gasteiger partial charge in [-0.25, -0.2) is 9.18 Å². The Bertz CT molecular complexity index is 2150. The average Bonchev–Trinajstić information content (AvgIpc) is 3.46. The van der Waals surface area contributed by atoms with Crippen molar-refractivity contribution in [3.8, 4) is 16.8 Å². The van der Waals surface area contributed by atoms with E-state index in [4.69, 9.17) is 0 Å². The van der Waals surface area contributed by atoms with Crippen LogP contribution in [0.4, 0.5) is 15.9 Å². The first-order chi connectivity index (χ1) is 21.6. The van der Waals surface area contributed by atoms with Crippen LogP contribution in [-0.2, 0) is 9.59 Å². The van der Waals surface area contributed by atoms with Gasteiger partial charge < -0.3 is 15.1 Å². The van der Waals surface area contributed by atoms with Crippen LogP contribution in [0, 0.1) is 19.7 Å². The molecule has 228 valence electrons. The number of hydrogen-bond donors (Lipinski definition) is 2. The molecule has 1 atom stereocenters. The van der Waals surface area contributed by atoms with Crippen LogP contribution in [0.25, 0.3) is 38.6 Å². The Morgan fingerprint density at radius 1 is 1.16 bits per heavy atom. The summed E-state index contributed by atoms with van der Waals surface area (Å²) in [6, 6.07) is 6.32. The monoisotopic (exact) mass is 606 g/mol. The van der Waals surface area contributed by atoms with Gasteiger partial charge >= 0.3 is 5.69 Å². The normalized spacial score (nSPS) is 16.2. The number of halogens is 1. The van der Waals surface area contributed by atoms with Crippen molar-refractivity contribution in [3.05, 3.63) is 82.4 Å². The van der Waals surface area contributed by atoms with Gasteiger partial charge in [0.05, 0.1) is 46.2 Å². The first-order valence-corrected chi connectivity index (χ1v) is 14.8. The van der Waals surface area contributed by atoms with E-state index in [0.29, 0.717) is 38.8 Å². The number of aryl methyl sites for hydroxylation is 2. The zero-order chi connectivity index (χ0) is 31.7. The number of benzene rings is 2. The number of anilines is 2. The summed E-state index contributed by atoms with van der Waals surface area (Å²) in [5.74, 6) is -1.34. The summed E-state index contributed by atoms with van der Waals surface area (Å²) < 4.78 is 18.5. The number of piperazine rings is 1. The predicted molar refractivity (Wildman–Crippen MR) is 170 cm³/mol. The summed E-state index contributed by atoms with van der Waals surface area (Å²) in [5.41, 5.74) is 4.03. The molecule has 2 aromatic carbocycles. The molecule has 5 heterocycles. The fourth-order valence-electron chi connectivity index (χ4n) is 6.64.